The lowest BCUT2D eigenvalue weighted by Crippen LogP contribution is -2.14. The summed E-state index contributed by atoms with van der Waals surface area (Å²) in [6.45, 7) is 2.00. The van der Waals surface area contributed by atoms with Crippen LogP contribution >= 0.6 is 0 Å². The van der Waals surface area contributed by atoms with Gasteiger partial charge < -0.3 is 10.1 Å². The number of nitrogens with one attached hydrogen (secondary N) is 1. The quantitative estimate of drug-likeness (QED) is 0.347. The maximum absolute atomic E-state index is 12.0. The predicted octanol–water partition coefficient (Wildman–Crippen LogP) is 6.09. The lowest BCUT2D eigenvalue weighted by molar-refractivity contribution is -0.117. The predicted molar refractivity (Wildman–Crippen MR) is 133 cm³/mol. The monoisotopic (exact) mass is 448 g/mol. The third-order valence-corrected chi connectivity index (χ3v) is 5.43. The molecular formula is C28H24N4O2. The fraction of sp³-hybridized carbons (Fsp3) is 0.143. The molecule has 3 aromatic carbocycles. The first kappa shape index (κ1) is 21.5. The molecule has 1 heterocycles. The van der Waals surface area contributed by atoms with E-state index in [1.807, 2.05) is 61.5 Å². The van der Waals surface area contributed by atoms with Gasteiger partial charge in [-0.1, -0.05) is 60.7 Å². The Hall–Kier alpha value is -4.32. The van der Waals surface area contributed by atoms with Gasteiger partial charge in [-0.05, 0) is 37.5 Å². The highest BCUT2D eigenvalue weighted by Gasteiger charge is 2.29. The van der Waals surface area contributed by atoms with E-state index in [0.29, 0.717) is 17.4 Å². The van der Waals surface area contributed by atoms with Gasteiger partial charge >= 0.3 is 0 Å². The molecule has 0 unspecified atom stereocenters. The zero-order chi connectivity index (χ0) is 23.3. The van der Waals surface area contributed by atoms with Crippen molar-refractivity contribution in [1.82, 2.24) is 9.97 Å². The summed E-state index contributed by atoms with van der Waals surface area (Å²) in [4.78, 5) is 25.4. The number of carbonyl (C=O) groups excluding carboxylic acids is 1. The van der Waals surface area contributed by atoms with Crippen LogP contribution in [0.4, 0.5) is 11.5 Å². The molecule has 6 nitrogen and oxygen atoms in total. The number of aromatic nitrogens is 2. The molecular weight excluding hydrogens is 424 g/mol. The fourth-order valence-electron chi connectivity index (χ4n) is 3.63. The van der Waals surface area contributed by atoms with Gasteiger partial charge in [-0.15, -0.1) is 0 Å². The Morgan fingerprint density at radius 2 is 1.59 bits per heavy atom. The molecule has 5 rings (SSSR count). The van der Waals surface area contributed by atoms with Crippen LogP contribution in [0.5, 0.6) is 11.6 Å². The second kappa shape index (κ2) is 9.67. The zero-order valence-electron chi connectivity index (χ0n) is 18.8. The summed E-state index contributed by atoms with van der Waals surface area (Å²) in [7, 11) is 0. The first-order chi connectivity index (χ1) is 16.6. The van der Waals surface area contributed by atoms with Crippen LogP contribution in [0.1, 0.15) is 29.5 Å². The molecule has 6 heteroatoms. The zero-order valence-corrected chi connectivity index (χ0v) is 18.8. The molecule has 1 saturated carbocycles. The van der Waals surface area contributed by atoms with E-state index in [-0.39, 0.29) is 11.8 Å². The molecule has 0 saturated heterocycles. The van der Waals surface area contributed by atoms with Crippen LogP contribution in [0.25, 0.3) is 0 Å². The average Bonchev–Trinajstić information content (AvgIpc) is 3.69. The second-order valence-electron chi connectivity index (χ2n) is 8.30. The summed E-state index contributed by atoms with van der Waals surface area (Å²) in [6, 6.07) is 27.7. The van der Waals surface area contributed by atoms with Crippen molar-refractivity contribution in [3.63, 3.8) is 0 Å². The summed E-state index contributed by atoms with van der Waals surface area (Å²) in [5, 5.41) is 2.82. The van der Waals surface area contributed by atoms with Gasteiger partial charge in [-0.25, -0.2) is 15.0 Å². The number of hydrogen-bond acceptors (Lipinski definition) is 5. The van der Waals surface area contributed by atoms with Gasteiger partial charge in [0.25, 0.3) is 0 Å². The highest BCUT2D eigenvalue weighted by molar-refractivity contribution is 6.13. The Morgan fingerprint density at radius 3 is 2.24 bits per heavy atom. The molecule has 1 aliphatic carbocycles. The summed E-state index contributed by atoms with van der Waals surface area (Å²) in [5.41, 5.74) is 4.72. The number of anilines is 1. The summed E-state index contributed by atoms with van der Waals surface area (Å²) >= 11 is 0. The van der Waals surface area contributed by atoms with E-state index in [1.165, 1.54) is 6.33 Å². The van der Waals surface area contributed by atoms with Crippen molar-refractivity contribution in [2.45, 2.75) is 19.8 Å². The van der Waals surface area contributed by atoms with Crippen LogP contribution in [0.15, 0.2) is 96.2 Å². The van der Waals surface area contributed by atoms with E-state index in [0.717, 1.165) is 40.9 Å². The number of aliphatic imine (C=N–C) groups is 1. The van der Waals surface area contributed by atoms with Gasteiger partial charge in [0, 0.05) is 29.2 Å². The summed E-state index contributed by atoms with van der Waals surface area (Å²) < 4.78 is 6.02. The summed E-state index contributed by atoms with van der Waals surface area (Å²) in [5.74, 6) is 1.49. The van der Waals surface area contributed by atoms with Crippen molar-refractivity contribution in [3.05, 3.63) is 108 Å². The Morgan fingerprint density at radius 1 is 0.912 bits per heavy atom. The van der Waals surface area contributed by atoms with Crippen molar-refractivity contribution >= 4 is 23.1 Å². The topological polar surface area (TPSA) is 76.5 Å². The molecule has 168 valence electrons. The molecule has 1 N–H and O–H groups in total. The van der Waals surface area contributed by atoms with Crippen molar-refractivity contribution in [2.75, 3.05) is 5.32 Å². The minimum atomic E-state index is -0.00816. The Labute approximate surface area is 198 Å². The van der Waals surface area contributed by atoms with Gasteiger partial charge in [0.15, 0.2) is 0 Å². The number of rotatable bonds is 7. The van der Waals surface area contributed by atoms with Gasteiger partial charge in [0.2, 0.25) is 11.8 Å². The number of benzene rings is 3. The molecule has 1 amide bonds. The molecule has 0 bridgehead atoms. The molecule has 1 aromatic heterocycles. The lowest BCUT2D eigenvalue weighted by atomic mass is 10.0. The van der Waals surface area contributed by atoms with Crippen LogP contribution in [0, 0.1) is 12.8 Å². The number of nitrogens with zero attached hydrogens (tertiary/aromatic N) is 3. The SMILES string of the molecule is Cc1cc(N=C(c2ccccc2)c2ccccc2)cc(Oc2cc(NC(=O)C3CC3)ncn2)c1. The molecule has 0 radical (unpaired) electrons. The van der Waals surface area contributed by atoms with E-state index in [2.05, 4.69) is 39.6 Å². The van der Waals surface area contributed by atoms with Crippen molar-refractivity contribution < 1.29 is 9.53 Å². The standard InChI is InChI=1S/C28H24N4O2/c1-19-14-23(31-27(20-8-4-2-5-9-20)21-10-6-3-7-11-21)16-24(15-19)34-26-17-25(29-18-30-26)32-28(33)22-12-13-22/h2-11,14-18,22H,12-13H2,1H3,(H,29,30,32,33). The third kappa shape index (κ3) is 5.35. The van der Waals surface area contributed by atoms with Crippen LogP contribution in [-0.2, 0) is 4.79 Å². The molecule has 0 atom stereocenters. The number of hydrogen-bond donors (Lipinski definition) is 1. The minimum absolute atomic E-state index is 0.00816. The van der Waals surface area contributed by atoms with Crippen molar-refractivity contribution in [2.24, 2.45) is 10.9 Å². The van der Waals surface area contributed by atoms with E-state index in [1.54, 1.807) is 6.07 Å². The largest absolute Gasteiger partial charge is 0.439 e. The Balaban J connectivity index is 1.44. The van der Waals surface area contributed by atoms with Crippen LogP contribution in [0.2, 0.25) is 0 Å². The molecule has 0 spiro atoms. The molecule has 0 aliphatic heterocycles. The van der Waals surface area contributed by atoms with E-state index in [9.17, 15) is 4.79 Å². The fourth-order valence-corrected chi connectivity index (χ4v) is 3.63. The van der Waals surface area contributed by atoms with Crippen molar-refractivity contribution in [1.29, 1.82) is 0 Å². The Bertz CT molecular complexity index is 1290. The van der Waals surface area contributed by atoms with Crippen LogP contribution < -0.4 is 10.1 Å². The molecule has 34 heavy (non-hydrogen) atoms. The first-order valence-corrected chi connectivity index (χ1v) is 11.3. The summed E-state index contributed by atoms with van der Waals surface area (Å²) in [6.07, 6.45) is 3.25. The van der Waals surface area contributed by atoms with E-state index in [4.69, 9.17) is 9.73 Å². The molecule has 4 aromatic rings. The normalized spacial score (nSPS) is 12.6. The highest BCUT2D eigenvalue weighted by atomic mass is 16.5. The Kier molecular flexibility index (Phi) is 6.12. The smallest absolute Gasteiger partial charge is 0.228 e. The first-order valence-electron chi connectivity index (χ1n) is 11.3. The van der Waals surface area contributed by atoms with Gasteiger partial charge in [-0.3, -0.25) is 4.79 Å². The van der Waals surface area contributed by atoms with Crippen LogP contribution in [0.3, 0.4) is 0 Å². The van der Waals surface area contributed by atoms with E-state index >= 15 is 0 Å². The van der Waals surface area contributed by atoms with Gasteiger partial charge in [0.05, 0.1) is 11.4 Å². The minimum Gasteiger partial charge on any atom is -0.439 e. The maximum Gasteiger partial charge on any atom is 0.228 e. The number of amides is 1. The number of aryl methyl sites for hydroxylation is 1. The lowest BCUT2D eigenvalue weighted by Gasteiger charge is -2.11. The molecule has 1 fully saturated rings. The number of ether oxygens (including phenoxy) is 1. The second-order valence-corrected chi connectivity index (χ2v) is 8.30. The number of carbonyl (C=O) groups is 1. The van der Waals surface area contributed by atoms with E-state index < -0.39 is 0 Å². The highest BCUT2D eigenvalue weighted by Crippen LogP contribution is 2.31. The third-order valence-electron chi connectivity index (χ3n) is 5.43. The van der Waals surface area contributed by atoms with Gasteiger partial charge in [-0.2, -0.15) is 0 Å². The van der Waals surface area contributed by atoms with Gasteiger partial charge in [0.1, 0.15) is 17.9 Å². The average molecular weight is 449 g/mol. The maximum atomic E-state index is 12.0. The van der Waals surface area contributed by atoms with Crippen LogP contribution in [-0.4, -0.2) is 21.6 Å². The molecule has 1 aliphatic rings. The van der Waals surface area contributed by atoms with Crippen molar-refractivity contribution in [3.8, 4) is 11.6 Å².